The number of aryl methyl sites for hydroxylation is 2. The van der Waals surface area contributed by atoms with Crippen molar-refractivity contribution in [3.05, 3.63) is 64.7 Å². The summed E-state index contributed by atoms with van der Waals surface area (Å²) < 4.78 is 33.4. The molecule has 2 aromatic carbocycles. The third-order valence-electron chi connectivity index (χ3n) is 4.97. The second-order valence-electron chi connectivity index (χ2n) is 7.24. The van der Waals surface area contributed by atoms with Crippen molar-refractivity contribution in [3.63, 3.8) is 0 Å². The number of carbonyl (C=O) groups is 1. The lowest BCUT2D eigenvalue weighted by Gasteiger charge is -2.09. The second-order valence-corrected chi connectivity index (χ2v) is 9.01. The highest BCUT2D eigenvalue weighted by molar-refractivity contribution is 7.89. The fourth-order valence-electron chi connectivity index (χ4n) is 3.22. The smallest absolute Gasteiger partial charge is 0.261 e. The Morgan fingerprint density at radius 3 is 2.59 bits per heavy atom. The van der Waals surface area contributed by atoms with E-state index in [0.29, 0.717) is 29.6 Å². The molecule has 10 heteroatoms. The van der Waals surface area contributed by atoms with E-state index >= 15 is 0 Å². The van der Waals surface area contributed by atoms with Gasteiger partial charge in [0, 0.05) is 26.1 Å². The van der Waals surface area contributed by atoms with E-state index in [0.717, 1.165) is 5.56 Å². The first kappa shape index (κ1) is 23.4. The van der Waals surface area contributed by atoms with E-state index in [2.05, 4.69) is 15.0 Å². The molecule has 170 valence electrons. The molecule has 0 unspecified atom stereocenters. The molecule has 2 N–H and O–H groups in total. The third-order valence-corrected chi connectivity index (χ3v) is 6.44. The molecule has 9 nitrogen and oxygen atoms in total. The lowest BCUT2D eigenvalue weighted by molar-refractivity contribution is -0.121. The van der Waals surface area contributed by atoms with Crippen molar-refractivity contribution in [3.8, 4) is 5.75 Å². The predicted octanol–water partition coefficient (Wildman–Crippen LogP) is 1.59. The van der Waals surface area contributed by atoms with E-state index in [1.807, 2.05) is 19.1 Å². The molecule has 0 aliphatic rings. The largest absolute Gasteiger partial charge is 0.497 e. The Balaban J connectivity index is 1.42. The van der Waals surface area contributed by atoms with Gasteiger partial charge in [-0.05, 0) is 49.2 Å². The number of sulfonamides is 1. The van der Waals surface area contributed by atoms with Gasteiger partial charge in [0.05, 0.1) is 29.2 Å². The number of para-hydroxylation sites is 1. The van der Waals surface area contributed by atoms with Crippen LogP contribution < -0.4 is 20.3 Å². The van der Waals surface area contributed by atoms with Crippen molar-refractivity contribution in [2.45, 2.75) is 31.2 Å². The second kappa shape index (κ2) is 10.4. The van der Waals surface area contributed by atoms with Crippen LogP contribution >= 0.6 is 0 Å². The van der Waals surface area contributed by atoms with Gasteiger partial charge in [-0.25, -0.2) is 18.1 Å². The van der Waals surface area contributed by atoms with Crippen LogP contribution in [0.1, 0.15) is 18.4 Å². The van der Waals surface area contributed by atoms with Gasteiger partial charge in [0.25, 0.3) is 5.56 Å². The molecule has 0 saturated heterocycles. The summed E-state index contributed by atoms with van der Waals surface area (Å²) in [5, 5.41) is 3.23. The molecule has 0 fully saturated rings. The first-order valence-corrected chi connectivity index (χ1v) is 11.7. The number of hydrogen-bond donors (Lipinski definition) is 2. The zero-order chi connectivity index (χ0) is 23.1. The summed E-state index contributed by atoms with van der Waals surface area (Å²) in [5.74, 6) is 0.347. The quantitative estimate of drug-likeness (QED) is 0.445. The number of carbonyl (C=O) groups excluding carboxylic acids is 1. The van der Waals surface area contributed by atoms with Gasteiger partial charge >= 0.3 is 0 Å². The van der Waals surface area contributed by atoms with Crippen molar-refractivity contribution in [2.75, 3.05) is 20.2 Å². The molecule has 0 radical (unpaired) electrons. The van der Waals surface area contributed by atoms with Crippen molar-refractivity contribution in [1.82, 2.24) is 19.6 Å². The number of nitrogens with one attached hydrogen (secondary N) is 2. The first-order valence-electron chi connectivity index (χ1n) is 10.2. The fraction of sp³-hybridized carbons (Fsp3) is 0.318. The summed E-state index contributed by atoms with van der Waals surface area (Å²) in [6, 6.07) is 11.5. The minimum absolute atomic E-state index is 0.0630. The van der Waals surface area contributed by atoms with Crippen LogP contribution in [0.5, 0.6) is 5.75 Å². The summed E-state index contributed by atoms with van der Waals surface area (Å²) in [4.78, 5) is 29.1. The van der Waals surface area contributed by atoms with Crippen LogP contribution in [0.15, 0.2) is 58.5 Å². The van der Waals surface area contributed by atoms with Gasteiger partial charge in [-0.15, -0.1) is 0 Å². The van der Waals surface area contributed by atoms with Crippen LogP contribution in [-0.2, 0) is 21.4 Å². The third kappa shape index (κ3) is 5.71. The highest BCUT2D eigenvalue weighted by atomic mass is 32.2. The average Bonchev–Trinajstić information content (AvgIpc) is 2.79. The topological polar surface area (TPSA) is 119 Å². The predicted molar refractivity (Wildman–Crippen MR) is 121 cm³/mol. The van der Waals surface area contributed by atoms with E-state index in [9.17, 15) is 18.0 Å². The number of benzene rings is 2. The van der Waals surface area contributed by atoms with Crippen molar-refractivity contribution in [1.29, 1.82) is 0 Å². The number of fused-ring (bicyclic) bond motifs is 1. The normalized spacial score (nSPS) is 11.4. The monoisotopic (exact) mass is 458 g/mol. The molecule has 0 saturated carbocycles. The minimum atomic E-state index is -3.66. The Morgan fingerprint density at radius 1 is 1.12 bits per heavy atom. The van der Waals surface area contributed by atoms with Crippen molar-refractivity contribution >= 4 is 26.8 Å². The molecular formula is C22H26N4O5S. The van der Waals surface area contributed by atoms with Crippen molar-refractivity contribution in [2.24, 2.45) is 0 Å². The summed E-state index contributed by atoms with van der Waals surface area (Å²) in [6.45, 7) is 2.49. The van der Waals surface area contributed by atoms with Crippen LogP contribution in [0.3, 0.4) is 0 Å². The van der Waals surface area contributed by atoms with Gasteiger partial charge < -0.3 is 10.1 Å². The lowest BCUT2D eigenvalue weighted by atomic mass is 10.1. The lowest BCUT2D eigenvalue weighted by Crippen LogP contribution is -2.34. The summed E-state index contributed by atoms with van der Waals surface area (Å²) in [6.07, 6.45) is 2.18. The molecule has 0 spiro atoms. The molecule has 3 rings (SSSR count). The molecule has 1 heterocycles. The number of ether oxygens (including phenoxy) is 1. The first-order chi connectivity index (χ1) is 15.3. The SMILES string of the molecule is COc1ccc(S(=O)(=O)NCCNC(=O)CCCn2cnc3c(C)cccc3c2=O)cc1. The molecule has 0 atom stereocenters. The van der Waals surface area contributed by atoms with E-state index in [1.54, 1.807) is 18.2 Å². The average molecular weight is 459 g/mol. The number of amides is 1. The van der Waals surface area contributed by atoms with Gasteiger partial charge in [0.15, 0.2) is 0 Å². The van der Waals surface area contributed by atoms with E-state index < -0.39 is 10.0 Å². The van der Waals surface area contributed by atoms with Gasteiger partial charge in [0.1, 0.15) is 5.75 Å². The summed E-state index contributed by atoms with van der Waals surface area (Å²) >= 11 is 0. The Morgan fingerprint density at radius 2 is 1.88 bits per heavy atom. The van der Waals surface area contributed by atoms with Gasteiger partial charge in [0.2, 0.25) is 15.9 Å². The maximum atomic E-state index is 12.6. The highest BCUT2D eigenvalue weighted by Crippen LogP contribution is 2.15. The standard InChI is InChI=1S/C22H26N4O5S/c1-16-5-3-6-19-21(16)24-15-26(22(19)28)14-4-7-20(27)23-12-13-25-32(29,30)18-10-8-17(31-2)9-11-18/h3,5-6,8-11,15,25H,4,7,12-14H2,1-2H3,(H,23,27). The molecule has 1 aromatic heterocycles. The summed E-state index contributed by atoms with van der Waals surface area (Å²) in [7, 11) is -2.16. The molecule has 3 aromatic rings. The van der Waals surface area contributed by atoms with E-state index in [1.165, 1.54) is 30.1 Å². The number of rotatable bonds is 10. The van der Waals surface area contributed by atoms with Crippen LogP contribution in [0.2, 0.25) is 0 Å². The fourth-order valence-corrected chi connectivity index (χ4v) is 4.25. The molecule has 0 bridgehead atoms. The molecule has 1 amide bonds. The number of methoxy groups -OCH3 is 1. The summed E-state index contributed by atoms with van der Waals surface area (Å²) in [5.41, 5.74) is 1.49. The number of aromatic nitrogens is 2. The van der Waals surface area contributed by atoms with E-state index in [4.69, 9.17) is 4.74 Å². The Bertz CT molecular complexity index is 1250. The maximum absolute atomic E-state index is 12.6. The van der Waals surface area contributed by atoms with Gasteiger partial charge in [-0.1, -0.05) is 12.1 Å². The Hall–Kier alpha value is -3.24. The van der Waals surface area contributed by atoms with Crippen molar-refractivity contribution < 1.29 is 17.9 Å². The number of hydrogen-bond acceptors (Lipinski definition) is 6. The van der Waals surface area contributed by atoms with Crippen LogP contribution in [0.25, 0.3) is 10.9 Å². The van der Waals surface area contributed by atoms with Crippen LogP contribution in [-0.4, -0.2) is 44.1 Å². The number of nitrogens with zero attached hydrogens (tertiary/aromatic N) is 2. The van der Waals surface area contributed by atoms with Gasteiger partial charge in [-0.2, -0.15) is 0 Å². The zero-order valence-electron chi connectivity index (χ0n) is 18.0. The molecular weight excluding hydrogens is 432 g/mol. The Kier molecular flexibility index (Phi) is 7.60. The van der Waals surface area contributed by atoms with Gasteiger partial charge in [-0.3, -0.25) is 14.2 Å². The Labute approximate surface area is 186 Å². The van der Waals surface area contributed by atoms with Crippen LogP contribution in [0.4, 0.5) is 0 Å². The van der Waals surface area contributed by atoms with E-state index in [-0.39, 0.29) is 35.9 Å². The molecule has 32 heavy (non-hydrogen) atoms. The van der Waals surface area contributed by atoms with Crippen LogP contribution in [0, 0.1) is 6.92 Å². The molecule has 0 aliphatic heterocycles. The minimum Gasteiger partial charge on any atom is -0.497 e. The molecule has 0 aliphatic carbocycles. The highest BCUT2D eigenvalue weighted by Gasteiger charge is 2.13. The zero-order valence-corrected chi connectivity index (χ0v) is 18.8. The maximum Gasteiger partial charge on any atom is 0.261 e.